The number of nitrogens with two attached hydrogens (primary N) is 1. The van der Waals surface area contributed by atoms with Gasteiger partial charge in [-0.1, -0.05) is 38.1 Å². The fourth-order valence-corrected chi connectivity index (χ4v) is 2.68. The SMILES string of the molecule is CCc1ncc(F)cc1CCc1ccccc1C(C)CN. The van der Waals surface area contributed by atoms with Gasteiger partial charge in [-0.3, -0.25) is 4.98 Å². The standard InChI is InChI=1S/C18H23FN2/c1-3-18-15(10-16(19)12-21-18)9-8-14-6-4-5-7-17(14)13(2)11-20/h4-7,10,12-13H,3,8-9,11,20H2,1-2H3. The van der Waals surface area contributed by atoms with Crippen molar-refractivity contribution in [2.45, 2.75) is 39.0 Å². The molecule has 0 saturated carbocycles. The van der Waals surface area contributed by atoms with Crippen molar-refractivity contribution in [2.75, 3.05) is 6.54 Å². The van der Waals surface area contributed by atoms with Gasteiger partial charge in [0.25, 0.3) is 0 Å². The number of pyridine rings is 1. The van der Waals surface area contributed by atoms with E-state index in [9.17, 15) is 4.39 Å². The lowest BCUT2D eigenvalue weighted by molar-refractivity contribution is 0.615. The van der Waals surface area contributed by atoms with Gasteiger partial charge in [-0.15, -0.1) is 0 Å². The third kappa shape index (κ3) is 3.88. The number of aryl methyl sites for hydroxylation is 3. The minimum atomic E-state index is -0.259. The molecule has 112 valence electrons. The molecule has 1 aromatic heterocycles. The lowest BCUT2D eigenvalue weighted by Gasteiger charge is -2.15. The number of halogens is 1. The summed E-state index contributed by atoms with van der Waals surface area (Å²) < 4.78 is 13.4. The molecule has 0 fully saturated rings. The van der Waals surface area contributed by atoms with Gasteiger partial charge in [0.15, 0.2) is 0 Å². The van der Waals surface area contributed by atoms with Gasteiger partial charge in [-0.2, -0.15) is 0 Å². The number of rotatable bonds is 6. The first-order valence-corrected chi connectivity index (χ1v) is 7.56. The lowest BCUT2D eigenvalue weighted by Crippen LogP contribution is -2.11. The molecule has 2 rings (SSSR count). The monoisotopic (exact) mass is 286 g/mol. The van der Waals surface area contributed by atoms with Crippen LogP contribution in [-0.2, 0) is 19.3 Å². The molecule has 1 aromatic carbocycles. The van der Waals surface area contributed by atoms with Gasteiger partial charge in [0.2, 0.25) is 0 Å². The second kappa shape index (κ2) is 7.32. The average Bonchev–Trinajstić information content (AvgIpc) is 2.52. The minimum Gasteiger partial charge on any atom is -0.330 e. The van der Waals surface area contributed by atoms with Gasteiger partial charge in [0.1, 0.15) is 5.82 Å². The summed E-state index contributed by atoms with van der Waals surface area (Å²) in [5.74, 6) is 0.0864. The Kier molecular flexibility index (Phi) is 5.45. The Balaban J connectivity index is 2.19. The zero-order chi connectivity index (χ0) is 15.2. The summed E-state index contributed by atoms with van der Waals surface area (Å²) in [6.07, 6.45) is 3.82. The fourth-order valence-electron chi connectivity index (χ4n) is 2.68. The first-order chi connectivity index (χ1) is 10.2. The largest absolute Gasteiger partial charge is 0.330 e. The molecule has 1 unspecified atom stereocenters. The van der Waals surface area contributed by atoms with Crippen LogP contribution in [-0.4, -0.2) is 11.5 Å². The number of aromatic nitrogens is 1. The van der Waals surface area contributed by atoms with E-state index in [1.807, 2.05) is 19.1 Å². The maximum Gasteiger partial charge on any atom is 0.141 e. The molecular weight excluding hydrogens is 263 g/mol. The normalized spacial score (nSPS) is 12.4. The second-order valence-electron chi connectivity index (χ2n) is 5.45. The number of benzene rings is 1. The summed E-state index contributed by atoms with van der Waals surface area (Å²) in [6, 6.07) is 9.98. The van der Waals surface area contributed by atoms with Crippen LogP contribution < -0.4 is 5.73 Å². The molecular formula is C18H23FN2. The third-order valence-electron chi connectivity index (χ3n) is 3.96. The van der Waals surface area contributed by atoms with E-state index >= 15 is 0 Å². The molecule has 21 heavy (non-hydrogen) atoms. The maximum atomic E-state index is 13.4. The van der Waals surface area contributed by atoms with E-state index in [0.29, 0.717) is 12.5 Å². The van der Waals surface area contributed by atoms with Gasteiger partial charge >= 0.3 is 0 Å². The van der Waals surface area contributed by atoms with Crippen LogP contribution in [0.2, 0.25) is 0 Å². The zero-order valence-electron chi connectivity index (χ0n) is 12.8. The highest BCUT2D eigenvalue weighted by Gasteiger charge is 2.10. The molecule has 0 aliphatic rings. The molecule has 0 bridgehead atoms. The Morgan fingerprint density at radius 3 is 2.62 bits per heavy atom. The highest BCUT2D eigenvalue weighted by Crippen LogP contribution is 2.21. The summed E-state index contributed by atoms with van der Waals surface area (Å²) in [6.45, 7) is 4.83. The topological polar surface area (TPSA) is 38.9 Å². The van der Waals surface area contributed by atoms with Crippen molar-refractivity contribution in [3.8, 4) is 0 Å². The number of nitrogens with zero attached hydrogens (tertiary/aromatic N) is 1. The molecule has 1 heterocycles. The summed E-state index contributed by atoms with van der Waals surface area (Å²) in [7, 11) is 0. The van der Waals surface area contributed by atoms with Crippen LogP contribution in [0, 0.1) is 5.82 Å². The smallest absolute Gasteiger partial charge is 0.141 e. The maximum absolute atomic E-state index is 13.4. The van der Waals surface area contributed by atoms with Crippen LogP contribution in [0.3, 0.4) is 0 Å². The summed E-state index contributed by atoms with van der Waals surface area (Å²) in [5.41, 5.74) is 10.4. The van der Waals surface area contributed by atoms with Crippen LogP contribution in [0.5, 0.6) is 0 Å². The number of hydrogen-bond donors (Lipinski definition) is 1. The van der Waals surface area contributed by atoms with E-state index < -0.39 is 0 Å². The molecule has 1 atom stereocenters. The van der Waals surface area contributed by atoms with Gasteiger partial charge in [-0.25, -0.2) is 4.39 Å². The fraction of sp³-hybridized carbons (Fsp3) is 0.389. The van der Waals surface area contributed by atoms with Crippen molar-refractivity contribution in [3.05, 3.63) is 64.7 Å². The molecule has 2 nitrogen and oxygen atoms in total. The van der Waals surface area contributed by atoms with Crippen molar-refractivity contribution in [3.63, 3.8) is 0 Å². The molecule has 0 aliphatic carbocycles. The molecule has 2 N–H and O–H groups in total. The molecule has 0 spiro atoms. The highest BCUT2D eigenvalue weighted by molar-refractivity contribution is 5.32. The highest BCUT2D eigenvalue weighted by atomic mass is 19.1. The van der Waals surface area contributed by atoms with Crippen molar-refractivity contribution in [1.29, 1.82) is 0 Å². The van der Waals surface area contributed by atoms with E-state index in [1.54, 1.807) is 6.07 Å². The summed E-state index contributed by atoms with van der Waals surface area (Å²) in [4.78, 5) is 4.19. The van der Waals surface area contributed by atoms with Gasteiger partial charge < -0.3 is 5.73 Å². The minimum absolute atomic E-state index is 0.259. The Bertz CT molecular complexity index is 596. The van der Waals surface area contributed by atoms with Crippen molar-refractivity contribution in [2.24, 2.45) is 5.73 Å². The zero-order valence-corrected chi connectivity index (χ0v) is 12.8. The Hall–Kier alpha value is -1.74. The van der Waals surface area contributed by atoms with Crippen molar-refractivity contribution >= 4 is 0 Å². The third-order valence-corrected chi connectivity index (χ3v) is 3.96. The first-order valence-electron chi connectivity index (χ1n) is 7.56. The van der Waals surface area contributed by atoms with Gasteiger partial charge in [0.05, 0.1) is 6.20 Å². The van der Waals surface area contributed by atoms with E-state index in [-0.39, 0.29) is 5.82 Å². The molecule has 0 saturated heterocycles. The second-order valence-corrected chi connectivity index (χ2v) is 5.45. The predicted octanol–water partition coefficient (Wildman–Crippen LogP) is 3.63. The average molecular weight is 286 g/mol. The van der Waals surface area contributed by atoms with E-state index in [1.165, 1.54) is 17.3 Å². The number of hydrogen-bond acceptors (Lipinski definition) is 2. The van der Waals surface area contributed by atoms with Gasteiger partial charge in [0, 0.05) is 5.69 Å². The van der Waals surface area contributed by atoms with E-state index in [0.717, 1.165) is 30.5 Å². The Labute approximate surface area is 126 Å². The predicted molar refractivity (Wildman–Crippen MR) is 84.9 cm³/mol. The van der Waals surface area contributed by atoms with Crippen LogP contribution in [0.15, 0.2) is 36.5 Å². The van der Waals surface area contributed by atoms with Crippen LogP contribution in [0.4, 0.5) is 4.39 Å². The summed E-state index contributed by atoms with van der Waals surface area (Å²) in [5, 5.41) is 0. The first kappa shape index (κ1) is 15.6. The molecule has 3 heteroatoms. The van der Waals surface area contributed by atoms with Crippen LogP contribution >= 0.6 is 0 Å². The molecule has 0 aliphatic heterocycles. The van der Waals surface area contributed by atoms with E-state index in [4.69, 9.17) is 5.73 Å². The van der Waals surface area contributed by atoms with Crippen molar-refractivity contribution < 1.29 is 4.39 Å². The quantitative estimate of drug-likeness (QED) is 0.880. The Morgan fingerprint density at radius 1 is 1.19 bits per heavy atom. The van der Waals surface area contributed by atoms with Crippen LogP contribution in [0.25, 0.3) is 0 Å². The van der Waals surface area contributed by atoms with Gasteiger partial charge in [-0.05, 0) is 54.5 Å². The van der Waals surface area contributed by atoms with Crippen LogP contribution in [0.1, 0.15) is 42.1 Å². The van der Waals surface area contributed by atoms with Crippen molar-refractivity contribution in [1.82, 2.24) is 4.98 Å². The lowest BCUT2D eigenvalue weighted by atomic mass is 9.92. The molecule has 0 radical (unpaired) electrons. The Morgan fingerprint density at radius 2 is 1.90 bits per heavy atom. The summed E-state index contributed by atoms with van der Waals surface area (Å²) >= 11 is 0. The van der Waals surface area contributed by atoms with E-state index in [2.05, 4.69) is 24.0 Å². The molecule has 2 aromatic rings. The molecule has 0 amide bonds.